The van der Waals surface area contributed by atoms with E-state index < -0.39 is 11.9 Å². The fraction of sp³-hybridized carbons (Fsp3) is 0.304. The molecule has 8 heteroatoms. The third-order valence-corrected chi connectivity index (χ3v) is 5.55. The number of nitrogens with one attached hydrogen (secondary N) is 1. The molecule has 1 unspecified atom stereocenters. The lowest BCUT2D eigenvalue weighted by molar-refractivity contribution is -0.134. The number of hydrogen-bond donors (Lipinski definition) is 3. The lowest BCUT2D eigenvalue weighted by atomic mass is 9.90. The highest BCUT2D eigenvalue weighted by Crippen LogP contribution is 2.33. The Balaban J connectivity index is 0.000000293. The summed E-state index contributed by atoms with van der Waals surface area (Å²) in [6, 6.07) is 8.24. The number of H-pyrrole nitrogens is 1. The van der Waals surface area contributed by atoms with E-state index in [2.05, 4.69) is 33.7 Å². The maximum Gasteiger partial charge on any atom is 0.328 e. The Hall–Kier alpha value is -3.68. The van der Waals surface area contributed by atoms with Gasteiger partial charge in [0.2, 0.25) is 0 Å². The van der Waals surface area contributed by atoms with Crippen molar-refractivity contribution in [2.45, 2.75) is 32.6 Å². The van der Waals surface area contributed by atoms with E-state index in [0.29, 0.717) is 12.2 Å². The molecule has 1 atom stereocenters. The number of benzene rings is 1. The SMILES string of the molecule is Cc1[nH]cnc1CC1CCCc2c(c3ccccc3n2C)C1=O.O=C(O)/C=C\C(=O)O. The van der Waals surface area contributed by atoms with E-state index in [-0.39, 0.29) is 11.7 Å². The molecule has 0 saturated carbocycles. The van der Waals surface area contributed by atoms with Crippen molar-refractivity contribution in [3.63, 3.8) is 0 Å². The zero-order valence-electron chi connectivity index (χ0n) is 17.5. The topological polar surface area (TPSA) is 125 Å². The van der Waals surface area contributed by atoms with Crippen molar-refractivity contribution in [3.05, 3.63) is 65.4 Å². The average molecular weight is 423 g/mol. The fourth-order valence-corrected chi connectivity index (χ4v) is 4.03. The third kappa shape index (κ3) is 4.91. The average Bonchev–Trinajstić information content (AvgIpc) is 3.21. The number of imidazole rings is 1. The van der Waals surface area contributed by atoms with Crippen LogP contribution in [0.5, 0.6) is 0 Å². The molecule has 3 N–H and O–H groups in total. The molecular formula is C23H25N3O5. The Morgan fingerprint density at radius 2 is 1.90 bits per heavy atom. The number of carboxylic acid groups (broad SMARTS) is 2. The molecule has 0 bridgehead atoms. The van der Waals surface area contributed by atoms with Gasteiger partial charge >= 0.3 is 11.9 Å². The van der Waals surface area contributed by atoms with Crippen molar-refractivity contribution in [1.82, 2.24) is 14.5 Å². The molecular weight excluding hydrogens is 398 g/mol. The predicted molar refractivity (Wildman–Crippen MR) is 115 cm³/mol. The van der Waals surface area contributed by atoms with E-state index in [4.69, 9.17) is 10.2 Å². The second-order valence-electron chi connectivity index (χ2n) is 7.54. The largest absolute Gasteiger partial charge is 0.478 e. The summed E-state index contributed by atoms with van der Waals surface area (Å²) < 4.78 is 2.20. The molecule has 3 aromatic rings. The predicted octanol–water partition coefficient (Wildman–Crippen LogP) is 3.30. The number of para-hydroxylation sites is 1. The number of fused-ring (bicyclic) bond motifs is 3. The summed E-state index contributed by atoms with van der Waals surface area (Å²) in [5.41, 5.74) is 5.38. The molecule has 1 aromatic carbocycles. The molecule has 1 aliphatic carbocycles. The minimum atomic E-state index is -1.26. The van der Waals surface area contributed by atoms with Crippen molar-refractivity contribution in [2.75, 3.05) is 0 Å². The Labute approximate surface area is 179 Å². The number of carboxylic acids is 2. The van der Waals surface area contributed by atoms with E-state index in [1.165, 1.54) is 5.69 Å². The maximum absolute atomic E-state index is 13.3. The molecule has 2 heterocycles. The lowest BCUT2D eigenvalue weighted by Crippen LogP contribution is -2.17. The molecule has 31 heavy (non-hydrogen) atoms. The summed E-state index contributed by atoms with van der Waals surface area (Å²) in [5.74, 6) is -2.19. The molecule has 0 fully saturated rings. The van der Waals surface area contributed by atoms with Gasteiger partial charge in [0.15, 0.2) is 5.78 Å². The van der Waals surface area contributed by atoms with Crippen molar-refractivity contribution >= 4 is 28.6 Å². The zero-order chi connectivity index (χ0) is 22.5. The Bertz CT molecular complexity index is 1140. The molecule has 1 aliphatic rings. The number of carbonyl (C=O) groups excluding carboxylic acids is 1. The van der Waals surface area contributed by atoms with Crippen LogP contribution in [0.4, 0.5) is 0 Å². The van der Waals surface area contributed by atoms with Crippen LogP contribution in [0.1, 0.15) is 40.3 Å². The molecule has 4 rings (SSSR count). The summed E-state index contributed by atoms with van der Waals surface area (Å²) in [4.78, 5) is 39.9. The van der Waals surface area contributed by atoms with Crippen LogP contribution in [0.15, 0.2) is 42.7 Å². The number of aryl methyl sites for hydroxylation is 2. The number of aliphatic carboxylic acids is 2. The van der Waals surface area contributed by atoms with Gasteiger partial charge < -0.3 is 19.8 Å². The standard InChI is InChI=1S/C19H21N3O.C4H4O4/c1-12-15(21-11-20-12)10-13-6-5-9-17-18(19(13)23)14-7-3-4-8-16(14)22(17)2;5-3(6)1-2-4(7)8/h3-4,7-8,11,13H,5-6,9-10H2,1-2H3,(H,20,21);1-2H,(H,5,6)(H,7,8)/b;2-1-. The highest BCUT2D eigenvalue weighted by molar-refractivity contribution is 6.10. The number of Topliss-reactive ketones (excluding diaryl/α,β-unsaturated/α-hetero) is 1. The summed E-state index contributed by atoms with van der Waals surface area (Å²) in [7, 11) is 2.08. The fourth-order valence-electron chi connectivity index (χ4n) is 4.03. The second kappa shape index (κ2) is 9.42. The van der Waals surface area contributed by atoms with Gasteiger partial charge in [0, 0.05) is 59.4 Å². The number of carbonyl (C=O) groups is 3. The summed E-state index contributed by atoms with van der Waals surface area (Å²) >= 11 is 0. The van der Waals surface area contributed by atoms with E-state index in [1.807, 2.05) is 19.1 Å². The van der Waals surface area contributed by atoms with Crippen LogP contribution in [0.25, 0.3) is 10.9 Å². The Morgan fingerprint density at radius 3 is 2.52 bits per heavy atom. The molecule has 0 amide bonds. The van der Waals surface area contributed by atoms with E-state index in [9.17, 15) is 14.4 Å². The van der Waals surface area contributed by atoms with Crippen molar-refractivity contribution in [1.29, 1.82) is 0 Å². The molecule has 162 valence electrons. The van der Waals surface area contributed by atoms with Crippen LogP contribution >= 0.6 is 0 Å². The van der Waals surface area contributed by atoms with Crippen molar-refractivity contribution in [2.24, 2.45) is 13.0 Å². The van der Waals surface area contributed by atoms with Crippen LogP contribution in [-0.4, -0.2) is 42.5 Å². The van der Waals surface area contributed by atoms with Gasteiger partial charge in [0.25, 0.3) is 0 Å². The van der Waals surface area contributed by atoms with Crippen LogP contribution in [-0.2, 0) is 29.5 Å². The Morgan fingerprint density at radius 1 is 1.23 bits per heavy atom. The third-order valence-electron chi connectivity index (χ3n) is 5.55. The number of aromatic amines is 1. The van der Waals surface area contributed by atoms with Gasteiger partial charge in [-0.1, -0.05) is 18.2 Å². The highest BCUT2D eigenvalue weighted by atomic mass is 16.4. The zero-order valence-corrected chi connectivity index (χ0v) is 17.5. The second-order valence-corrected chi connectivity index (χ2v) is 7.54. The monoisotopic (exact) mass is 423 g/mol. The number of ketones is 1. The molecule has 0 radical (unpaired) electrons. The smallest absolute Gasteiger partial charge is 0.328 e. The van der Waals surface area contributed by atoms with Crippen LogP contribution in [0.3, 0.4) is 0 Å². The summed E-state index contributed by atoms with van der Waals surface area (Å²) in [6.45, 7) is 2.02. The first kappa shape index (κ1) is 22.0. The number of hydrogen-bond acceptors (Lipinski definition) is 4. The summed E-state index contributed by atoms with van der Waals surface area (Å²) in [6.07, 6.45) is 6.53. The van der Waals surface area contributed by atoms with Crippen molar-refractivity contribution in [3.8, 4) is 0 Å². The molecule has 2 aromatic heterocycles. The van der Waals surface area contributed by atoms with Gasteiger partial charge in [-0.05, 0) is 32.3 Å². The van der Waals surface area contributed by atoms with Crippen LogP contribution < -0.4 is 0 Å². The molecule has 8 nitrogen and oxygen atoms in total. The molecule has 0 saturated heterocycles. The lowest BCUT2D eigenvalue weighted by Gasteiger charge is -2.12. The van der Waals surface area contributed by atoms with Crippen LogP contribution in [0, 0.1) is 12.8 Å². The minimum Gasteiger partial charge on any atom is -0.478 e. The quantitative estimate of drug-likeness (QED) is 0.437. The minimum absolute atomic E-state index is 0.0315. The summed E-state index contributed by atoms with van der Waals surface area (Å²) in [5, 5.41) is 16.7. The highest BCUT2D eigenvalue weighted by Gasteiger charge is 2.30. The van der Waals surface area contributed by atoms with Crippen molar-refractivity contribution < 1.29 is 24.6 Å². The van der Waals surface area contributed by atoms with Gasteiger partial charge in [-0.3, -0.25) is 4.79 Å². The van der Waals surface area contributed by atoms with Gasteiger partial charge in [0.1, 0.15) is 0 Å². The van der Waals surface area contributed by atoms with Gasteiger partial charge in [-0.25, -0.2) is 14.6 Å². The van der Waals surface area contributed by atoms with E-state index in [1.54, 1.807) is 6.33 Å². The first-order valence-corrected chi connectivity index (χ1v) is 10.0. The van der Waals surface area contributed by atoms with Crippen LogP contribution in [0.2, 0.25) is 0 Å². The number of rotatable bonds is 4. The molecule has 0 aliphatic heterocycles. The van der Waals surface area contributed by atoms with E-state index >= 15 is 0 Å². The van der Waals surface area contributed by atoms with E-state index in [0.717, 1.165) is 53.5 Å². The van der Waals surface area contributed by atoms with Gasteiger partial charge in [-0.2, -0.15) is 0 Å². The first-order valence-electron chi connectivity index (χ1n) is 10.0. The number of nitrogens with zero attached hydrogens (tertiary/aromatic N) is 2. The van der Waals surface area contributed by atoms with Gasteiger partial charge in [-0.15, -0.1) is 0 Å². The van der Waals surface area contributed by atoms with Gasteiger partial charge in [0.05, 0.1) is 12.0 Å². The normalized spacial score (nSPS) is 15.9. The number of aromatic nitrogens is 3. The first-order chi connectivity index (χ1) is 14.8. The Kier molecular flexibility index (Phi) is 6.69. The maximum atomic E-state index is 13.3. The molecule has 0 spiro atoms.